The van der Waals surface area contributed by atoms with Gasteiger partial charge in [-0.2, -0.15) is 0 Å². The lowest BCUT2D eigenvalue weighted by Crippen LogP contribution is -2.28. The van der Waals surface area contributed by atoms with Crippen LogP contribution in [-0.2, 0) is 5.41 Å². The molecule has 46 heavy (non-hydrogen) atoms. The van der Waals surface area contributed by atoms with E-state index in [0.29, 0.717) is 49.8 Å². The van der Waals surface area contributed by atoms with Crippen molar-refractivity contribution in [2.75, 3.05) is 4.90 Å². The summed E-state index contributed by atoms with van der Waals surface area (Å²) in [4.78, 5) is 1.98. The van der Waals surface area contributed by atoms with Crippen molar-refractivity contribution < 1.29 is 18.1 Å². The minimum absolute atomic E-state index is 0.234. The Bertz CT molecular complexity index is 2850. The van der Waals surface area contributed by atoms with Crippen LogP contribution >= 0.6 is 11.6 Å². The SMILES string of the molecule is [2H]c1c([2H])c([2H])c(C2(c3c([2H])c([2H])c([2H])c([2H])c3[2H])c3ccccc3-c3ccc(N(c4cccc(Cl)c4)c4cccc5oc6ccccc6c45)cc32)c([2H])c1[2H]. The zero-order chi connectivity index (χ0) is 39.4. The van der Waals surface area contributed by atoms with Crippen LogP contribution in [0, 0.1) is 0 Å². The summed E-state index contributed by atoms with van der Waals surface area (Å²) < 4.78 is 95.9. The molecule has 1 aliphatic rings. The van der Waals surface area contributed by atoms with Gasteiger partial charge in [-0.15, -0.1) is 0 Å². The van der Waals surface area contributed by atoms with Gasteiger partial charge in [0.15, 0.2) is 0 Å². The molecule has 8 aromatic rings. The summed E-state index contributed by atoms with van der Waals surface area (Å²) in [5, 5.41) is 2.15. The van der Waals surface area contributed by atoms with E-state index in [1.165, 1.54) is 0 Å². The fourth-order valence-corrected chi connectivity index (χ4v) is 7.11. The normalized spacial score (nSPS) is 16.1. The van der Waals surface area contributed by atoms with Crippen LogP contribution in [0.3, 0.4) is 0 Å². The number of anilines is 3. The summed E-state index contributed by atoms with van der Waals surface area (Å²) in [6.45, 7) is 0. The Labute approximate surface area is 286 Å². The molecule has 0 bridgehead atoms. The highest BCUT2D eigenvalue weighted by Gasteiger charge is 2.46. The molecule has 0 saturated carbocycles. The third-order valence-electron chi connectivity index (χ3n) is 8.72. The second kappa shape index (κ2) is 10.5. The Morgan fingerprint density at radius 3 is 2.00 bits per heavy atom. The first kappa shape index (κ1) is 18.4. The van der Waals surface area contributed by atoms with Gasteiger partial charge in [0.05, 0.1) is 30.2 Å². The maximum Gasteiger partial charge on any atom is 0.137 e. The monoisotopic (exact) mass is 619 g/mol. The van der Waals surface area contributed by atoms with E-state index in [2.05, 4.69) is 0 Å². The van der Waals surface area contributed by atoms with Crippen LogP contribution in [-0.4, -0.2) is 0 Å². The quantitative estimate of drug-likeness (QED) is 0.190. The molecule has 0 fully saturated rings. The number of para-hydroxylation sites is 1. The average Bonchev–Trinajstić information content (AvgIpc) is 3.72. The molecule has 1 heterocycles. The first-order valence-corrected chi connectivity index (χ1v) is 15.1. The summed E-state index contributed by atoms with van der Waals surface area (Å²) >= 11 is 6.64. The van der Waals surface area contributed by atoms with Gasteiger partial charge in [-0.05, 0) is 81.9 Å². The Hall–Kier alpha value is -5.57. The third-order valence-corrected chi connectivity index (χ3v) is 8.96. The Kier molecular flexibility index (Phi) is 4.21. The van der Waals surface area contributed by atoms with Crippen molar-refractivity contribution in [2.45, 2.75) is 5.41 Å². The minimum atomic E-state index is -1.99. The van der Waals surface area contributed by atoms with E-state index in [4.69, 9.17) is 24.2 Å². The molecule has 0 N–H and O–H groups in total. The number of benzene rings is 7. The fraction of sp³-hybridized carbons (Fsp3) is 0.0233. The molecular formula is C43H28ClNO. The molecule has 0 atom stereocenters. The van der Waals surface area contributed by atoms with E-state index in [0.717, 1.165) is 16.5 Å². The van der Waals surface area contributed by atoms with Crippen LogP contribution < -0.4 is 4.90 Å². The highest BCUT2D eigenvalue weighted by atomic mass is 35.5. The van der Waals surface area contributed by atoms with E-state index in [1.807, 2.05) is 89.8 Å². The number of hydrogen-bond donors (Lipinski definition) is 0. The highest BCUT2D eigenvalue weighted by Crippen LogP contribution is 2.57. The Morgan fingerprint density at radius 2 is 1.22 bits per heavy atom. The molecule has 0 amide bonds. The van der Waals surface area contributed by atoms with Crippen LogP contribution in [0.4, 0.5) is 17.1 Å². The summed E-state index contributed by atoms with van der Waals surface area (Å²) in [5.74, 6) is 0. The van der Waals surface area contributed by atoms with Gasteiger partial charge in [-0.1, -0.05) is 133 Å². The van der Waals surface area contributed by atoms with E-state index < -0.39 is 65.8 Å². The molecule has 0 radical (unpaired) electrons. The van der Waals surface area contributed by atoms with Crippen molar-refractivity contribution in [1.82, 2.24) is 0 Å². The molecule has 1 aromatic heterocycles. The second-order valence-corrected chi connectivity index (χ2v) is 11.5. The summed E-state index contributed by atoms with van der Waals surface area (Å²) in [6, 6.07) is 27.4. The van der Waals surface area contributed by atoms with Crippen molar-refractivity contribution in [3.05, 3.63) is 197 Å². The molecule has 0 spiro atoms. The van der Waals surface area contributed by atoms with Crippen LogP contribution in [0.5, 0.6) is 0 Å². The second-order valence-electron chi connectivity index (χ2n) is 11.1. The van der Waals surface area contributed by atoms with Crippen LogP contribution in [0.2, 0.25) is 5.02 Å². The van der Waals surface area contributed by atoms with E-state index in [-0.39, 0.29) is 11.1 Å². The topological polar surface area (TPSA) is 16.4 Å². The molecule has 218 valence electrons. The summed E-state index contributed by atoms with van der Waals surface area (Å²) in [5.41, 5.74) is 2.80. The molecule has 1 aliphatic carbocycles. The molecule has 7 aromatic carbocycles. The number of fused-ring (bicyclic) bond motifs is 6. The van der Waals surface area contributed by atoms with Crippen molar-refractivity contribution in [2.24, 2.45) is 0 Å². The van der Waals surface area contributed by atoms with Gasteiger partial charge < -0.3 is 9.32 Å². The number of halogens is 1. The van der Waals surface area contributed by atoms with Crippen LogP contribution in [0.1, 0.15) is 36.0 Å². The van der Waals surface area contributed by atoms with Crippen LogP contribution in [0.25, 0.3) is 33.1 Å². The van der Waals surface area contributed by atoms with Crippen molar-refractivity contribution in [3.8, 4) is 11.1 Å². The van der Waals surface area contributed by atoms with Gasteiger partial charge in [0.2, 0.25) is 0 Å². The fourth-order valence-electron chi connectivity index (χ4n) is 6.93. The zero-order valence-corrected chi connectivity index (χ0v) is 24.9. The lowest BCUT2D eigenvalue weighted by atomic mass is 9.67. The number of nitrogens with zero attached hydrogens (tertiary/aromatic N) is 1. The maximum atomic E-state index is 9.37. The number of furan rings is 1. The molecular weight excluding hydrogens is 582 g/mol. The highest BCUT2D eigenvalue weighted by molar-refractivity contribution is 6.31. The molecule has 0 aliphatic heterocycles. The largest absolute Gasteiger partial charge is 0.456 e. The first-order chi connectivity index (χ1) is 26.9. The van der Waals surface area contributed by atoms with Gasteiger partial charge in [-0.3, -0.25) is 0 Å². The van der Waals surface area contributed by atoms with E-state index in [1.54, 1.807) is 24.3 Å². The molecule has 0 unspecified atom stereocenters. The molecule has 9 rings (SSSR count). The Morgan fingerprint density at radius 1 is 0.565 bits per heavy atom. The minimum Gasteiger partial charge on any atom is -0.456 e. The predicted octanol–water partition coefficient (Wildman–Crippen LogP) is 12.1. The van der Waals surface area contributed by atoms with Crippen molar-refractivity contribution in [1.29, 1.82) is 0 Å². The third kappa shape index (κ3) is 3.90. The Balaban J connectivity index is 1.47. The van der Waals surface area contributed by atoms with Gasteiger partial charge >= 0.3 is 0 Å². The van der Waals surface area contributed by atoms with Crippen LogP contribution in [0.15, 0.2) is 174 Å². The van der Waals surface area contributed by atoms with Crippen molar-refractivity contribution in [3.63, 3.8) is 0 Å². The van der Waals surface area contributed by atoms with E-state index in [9.17, 15) is 5.48 Å². The maximum absolute atomic E-state index is 9.37. The summed E-state index contributed by atoms with van der Waals surface area (Å²) in [7, 11) is 0. The average molecular weight is 620 g/mol. The van der Waals surface area contributed by atoms with E-state index >= 15 is 0 Å². The molecule has 0 saturated heterocycles. The van der Waals surface area contributed by atoms with Gasteiger partial charge in [0.25, 0.3) is 0 Å². The number of hydrogen-bond acceptors (Lipinski definition) is 2. The molecule has 3 heteroatoms. The smallest absolute Gasteiger partial charge is 0.137 e. The zero-order valence-electron chi connectivity index (χ0n) is 34.1. The summed E-state index contributed by atoms with van der Waals surface area (Å²) in [6.07, 6.45) is 0. The standard InChI is InChI=1S/C43H28ClNO/c44-31-17-11-18-32(27-31)45(39-22-12-24-41-42(39)36-20-8-10-23-40(36)46-41)33-25-26-35-34-19-7-9-21-37(34)43(38(35)28-33,29-13-3-1-4-14-29)30-15-5-2-6-16-30/h1-28H/i1D,2D,3D,4D,5D,6D,13D,14D,15D,16D. The van der Waals surface area contributed by atoms with Crippen molar-refractivity contribution >= 4 is 50.6 Å². The lowest BCUT2D eigenvalue weighted by molar-refractivity contribution is 0.669. The number of rotatable bonds is 5. The van der Waals surface area contributed by atoms with Gasteiger partial charge in [0.1, 0.15) is 11.2 Å². The first-order valence-electron chi connectivity index (χ1n) is 19.7. The predicted molar refractivity (Wildman–Crippen MR) is 191 cm³/mol. The van der Waals surface area contributed by atoms with Gasteiger partial charge in [-0.25, -0.2) is 0 Å². The lowest BCUT2D eigenvalue weighted by Gasteiger charge is -2.35. The van der Waals surface area contributed by atoms with Gasteiger partial charge in [0, 0.05) is 21.8 Å². The molecule has 2 nitrogen and oxygen atoms in total.